The molecule has 0 heterocycles. The van der Waals surface area contributed by atoms with Gasteiger partial charge >= 0.3 is 0 Å². The lowest BCUT2D eigenvalue weighted by molar-refractivity contribution is -0.136. The molecule has 2 aliphatic rings. The minimum atomic E-state index is 0.0608. The Kier molecular flexibility index (Phi) is 3.73. The number of ether oxygens (including phenoxy) is 1. The molecule has 2 atom stereocenters. The maximum Gasteiger partial charge on any atom is 0.234 e. The Morgan fingerprint density at radius 2 is 2.12 bits per heavy atom. The molecule has 0 aromatic heterocycles. The summed E-state index contributed by atoms with van der Waals surface area (Å²) in [6, 6.07) is 0.846. The summed E-state index contributed by atoms with van der Waals surface area (Å²) >= 11 is 0. The van der Waals surface area contributed by atoms with E-state index < -0.39 is 0 Å². The number of amides is 1. The fourth-order valence-electron chi connectivity index (χ4n) is 2.38. The van der Waals surface area contributed by atoms with Crippen molar-refractivity contribution in [3.05, 3.63) is 0 Å². The van der Waals surface area contributed by atoms with E-state index in [2.05, 4.69) is 24.5 Å². The molecule has 4 nitrogen and oxygen atoms in total. The maximum atomic E-state index is 11.7. The van der Waals surface area contributed by atoms with Gasteiger partial charge < -0.3 is 15.4 Å². The first kappa shape index (κ1) is 12.8. The molecule has 0 aromatic carbocycles. The zero-order valence-electron chi connectivity index (χ0n) is 11.1. The normalized spacial score (nSPS) is 30.8. The second-order valence-corrected chi connectivity index (χ2v) is 5.78. The summed E-state index contributed by atoms with van der Waals surface area (Å²) in [6.45, 7) is 7.54. The Bertz CT molecular complexity index is 287. The Morgan fingerprint density at radius 3 is 2.65 bits per heavy atom. The number of hydrogen-bond donors (Lipinski definition) is 2. The highest BCUT2D eigenvalue weighted by Crippen LogP contribution is 2.42. The Morgan fingerprint density at radius 1 is 1.41 bits per heavy atom. The van der Waals surface area contributed by atoms with Crippen LogP contribution >= 0.6 is 0 Å². The van der Waals surface area contributed by atoms with Crippen molar-refractivity contribution in [2.45, 2.75) is 58.2 Å². The molecular weight excluding hydrogens is 216 g/mol. The first-order valence-electron chi connectivity index (χ1n) is 6.68. The van der Waals surface area contributed by atoms with E-state index in [-0.39, 0.29) is 23.5 Å². The lowest BCUT2D eigenvalue weighted by atomic mass is 9.64. The minimum Gasteiger partial charge on any atom is -0.378 e. The molecule has 0 saturated heterocycles. The van der Waals surface area contributed by atoms with Gasteiger partial charge in [0.25, 0.3) is 0 Å². The quantitative estimate of drug-likeness (QED) is 0.730. The number of nitrogens with one attached hydrogen (secondary N) is 2. The summed E-state index contributed by atoms with van der Waals surface area (Å²) in [5.74, 6) is 0.116. The maximum absolute atomic E-state index is 11.7. The van der Waals surface area contributed by atoms with Gasteiger partial charge in [0.2, 0.25) is 5.91 Å². The van der Waals surface area contributed by atoms with Gasteiger partial charge in [-0.2, -0.15) is 0 Å². The van der Waals surface area contributed by atoms with Gasteiger partial charge in [-0.1, -0.05) is 13.8 Å². The van der Waals surface area contributed by atoms with Gasteiger partial charge in [0.1, 0.15) is 0 Å². The van der Waals surface area contributed by atoms with Crippen molar-refractivity contribution in [3.63, 3.8) is 0 Å². The van der Waals surface area contributed by atoms with E-state index in [0.717, 1.165) is 13.0 Å². The van der Waals surface area contributed by atoms with Crippen molar-refractivity contribution in [2.24, 2.45) is 5.41 Å². The molecule has 17 heavy (non-hydrogen) atoms. The first-order valence-corrected chi connectivity index (χ1v) is 6.68. The molecule has 2 unspecified atom stereocenters. The largest absolute Gasteiger partial charge is 0.378 e. The van der Waals surface area contributed by atoms with Gasteiger partial charge in [-0.05, 0) is 26.2 Å². The molecule has 0 bridgehead atoms. The van der Waals surface area contributed by atoms with Crippen LogP contribution in [0.3, 0.4) is 0 Å². The van der Waals surface area contributed by atoms with Crippen LogP contribution in [0.5, 0.6) is 0 Å². The molecule has 1 amide bonds. The zero-order chi connectivity index (χ0) is 12.5. The molecule has 2 N–H and O–H groups in total. The molecule has 0 radical (unpaired) electrons. The Labute approximate surface area is 103 Å². The van der Waals surface area contributed by atoms with Crippen LogP contribution in [0.1, 0.15) is 40.0 Å². The van der Waals surface area contributed by atoms with Crippen molar-refractivity contribution in [1.29, 1.82) is 0 Å². The van der Waals surface area contributed by atoms with E-state index in [1.165, 1.54) is 12.8 Å². The van der Waals surface area contributed by atoms with Crippen LogP contribution in [0.4, 0.5) is 0 Å². The highest BCUT2D eigenvalue weighted by molar-refractivity contribution is 5.78. The summed E-state index contributed by atoms with van der Waals surface area (Å²) < 4.78 is 5.65. The molecule has 2 aliphatic carbocycles. The van der Waals surface area contributed by atoms with Crippen LogP contribution in [-0.2, 0) is 9.53 Å². The van der Waals surface area contributed by atoms with Gasteiger partial charge in [0.05, 0.1) is 12.6 Å². The minimum absolute atomic E-state index is 0.0608. The molecule has 0 aliphatic heterocycles. The summed E-state index contributed by atoms with van der Waals surface area (Å²) in [5.41, 5.74) is 0.0608. The van der Waals surface area contributed by atoms with Crippen LogP contribution in [0.25, 0.3) is 0 Å². The molecule has 2 saturated carbocycles. The number of hydrogen-bond acceptors (Lipinski definition) is 3. The predicted octanol–water partition coefficient (Wildman–Crippen LogP) is 1.06. The van der Waals surface area contributed by atoms with E-state index in [9.17, 15) is 4.79 Å². The average molecular weight is 240 g/mol. The Balaban J connectivity index is 1.70. The fourth-order valence-corrected chi connectivity index (χ4v) is 2.38. The number of carbonyl (C=O) groups is 1. The Hall–Kier alpha value is -0.610. The smallest absolute Gasteiger partial charge is 0.234 e. The third-order valence-electron chi connectivity index (χ3n) is 4.01. The molecule has 0 aromatic rings. The van der Waals surface area contributed by atoms with E-state index >= 15 is 0 Å². The van der Waals surface area contributed by atoms with Crippen LogP contribution in [-0.4, -0.2) is 37.2 Å². The third-order valence-corrected chi connectivity index (χ3v) is 4.01. The highest BCUT2D eigenvalue weighted by Gasteiger charge is 2.49. The molecule has 0 spiro atoms. The van der Waals surface area contributed by atoms with Crippen molar-refractivity contribution in [2.75, 3.05) is 13.2 Å². The fraction of sp³-hybridized carbons (Fsp3) is 0.923. The summed E-state index contributed by atoms with van der Waals surface area (Å²) in [4.78, 5) is 11.7. The average Bonchev–Trinajstić information content (AvgIpc) is 3.09. The lowest BCUT2D eigenvalue weighted by Crippen LogP contribution is -2.62. The third kappa shape index (κ3) is 2.99. The highest BCUT2D eigenvalue weighted by atomic mass is 16.5. The summed E-state index contributed by atoms with van der Waals surface area (Å²) in [5, 5.41) is 6.33. The van der Waals surface area contributed by atoms with Crippen LogP contribution < -0.4 is 10.6 Å². The molecule has 2 rings (SSSR count). The second kappa shape index (κ2) is 4.94. The van der Waals surface area contributed by atoms with Crippen molar-refractivity contribution < 1.29 is 9.53 Å². The van der Waals surface area contributed by atoms with E-state index in [4.69, 9.17) is 4.74 Å². The van der Waals surface area contributed by atoms with Gasteiger partial charge in [0, 0.05) is 24.1 Å². The first-order chi connectivity index (χ1) is 8.04. The zero-order valence-corrected chi connectivity index (χ0v) is 11.1. The molecule has 2 fully saturated rings. The summed E-state index contributed by atoms with van der Waals surface area (Å²) in [6.07, 6.45) is 3.66. The van der Waals surface area contributed by atoms with Gasteiger partial charge in [0.15, 0.2) is 0 Å². The van der Waals surface area contributed by atoms with Crippen molar-refractivity contribution in [3.8, 4) is 0 Å². The van der Waals surface area contributed by atoms with Crippen LogP contribution in [0, 0.1) is 5.41 Å². The van der Waals surface area contributed by atoms with E-state index in [0.29, 0.717) is 12.6 Å². The van der Waals surface area contributed by atoms with Gasteiger partial charge in [-0.3, -0.25) is 4.79 Å². The van der Waals surface area contributed by atoms with E-state index in [1.807, 2.05) is 6.92 Å². The van der Waals surface area contributed by atoms with Crippen LogP contribution in [0.2, 0.25) is 0 Å². The van der Waals surface area contributed by atoms with Gasteiger partial charge in [-0.15, -0.1) is 0 Å². The molecule has 98 valence electrons. The molecular formula is C13H24N2O2. The van der Waals surface area contributed by atoms with Crippen LogP contribution in [0.15, 0.2) is 0 Å². The monoisotopic (exact) mass is 240 g/mol. The number of carbonyl (C=O) groups excluding carboxylic acids is 1. The predicted molar refractivity (Wildman–Crippen MR) is 66.8 cm³/mol. The SMILES string of the molecule is CCOC1CC(NC(=O)CNC2CC2)C1(C)C. The topological polar surface area (TPSA) is 50.4 Å². The van der Waals surface area contributed by atoms with Gasteiger partial charge in [-0.25, -0.2) is 0 Å². The summed E-state index contributed by atoms with van der Waals surface area (Å²) in [7, 11) is 0. The standard InChI is InChI=1S/C13H24N2O2/c1-4-17-11-7-10(13(11,2)3)15-12(16)8-14-9-5-6-9/h9-11,14H,4-8H2,1-3H3,(H,15,16). The van der Waals surface area contributed by atoms with Crippen molar-refractivity contribution in [1.82, 2.24) is 10.6 Å². The number of rotatable bonds is 6. The second-order valence-electron chi connectivity index (χ2n) is 5.78. The molecule has 4 heteroatoms. The lowest BCUT2D eigenvalue weighted by Gasteiger charge is -2.51. The van der Waals surface area contributed by atoms with Crippen molar-refractivity contribution >= 4 is 5.91 Å². The van der Waals surface area contributed by atoms with E-state index in [1.54, 1.807) is 0 Å².